The van der Waals surface area contributed by atoms with Crippen molar-refractivity contribution in [1.29, 1.82) is 0 Å². The van der Waals surface area contributed by atoms with E-state index < -0.39 is 0 Å². The minimum Gasteiger partial charge on any atom is -0.294 e. The van der Waals surface area contributed by atoms with Gasteiger partial charge in [-0.3, -0.25) is 9.36 Å². The molecule has 0 N–H and O–H groups in total. The van der Waals surface area contributed by atoms with Crippen LogP contribution in [0.15, 0.2) is 70.3 Å². The number of fused-ring (bicyclic) bond motifs is 1. The number of halogens is 2. The zero-order chi connectivity index (χ0) is 17.4. The lowest BCUT2D eigenvalue weighted by Gasteiger charge is -2.07. The molecule has 0 saturated heterocycles. The van der Waals surface area contributed by atoms with E-state index in [1.54, 1.807) is 33.9 Å². The highest BCUT2D eigenvalue weighted by atomic mass is 79.9. The van der Waals surface area contributed by atoms with Crippen LogP contribution < -0.4 is 5.56 Å². The Hall–Kier alpha value is -2.44. The fourth-order valence-corrected chi connectivity index (χ4v) is 3.09. The van der Waals surface area contributed by atoms with Crippen LogP contribution in [0.5, 0.6) is 0 Å². The maximum atomic E-state index is 12.7. The van der Waals surface area contributed by atoms with Gasteiger partial charge in [-0.2, -0.15) is 5.10 Å². The molecule has 2 aromatic heterocycles. The van der Waals surface area contributed by atoms with Gasteiger partial charge < -0.3 is 0 Å². The van der Waals surface area contributed by atoms with E-state index in [-0.39, 0.29) is 5.56 Å². The molecule has 2 heterocycles. The van der Waals surface area contributed by atoms with Crippen LogP contribution in [-0.2, 0) is 6.54 Å². The average Bonchev–Trinajstić information content (AvgIpc) is 3.04. The summed E-state index contributed by atoms with van der Waals surface area (Å²) < 4.78 is 4.20. The second-order valence-electron chi connectivity index (χ2n) is 5.58. The van der Waals surface area contributed by atoms with E-state index in [4.69, 9.17) is 11.6 Å². The Kier molecular flexibility index (Phi) is 4.15. The number of benzene rings is 2. The van der Waals surface area contributed by atoms with Crippen molar-refractivity contribution < 1.29 is 0 Å². The Balaban J connectivity index is 1.77. The van der Waals surface area contributed by atoms with Crippen LogP contribution in [0.25, 0.3) is 16.7 Å². The standard InChI is InChI=1S/C18H12BrClN4O/c19-13-6-4-12(5-7-13)10-23-11-21-17-16(18(23)25)9-22-24(17)15-3-1-2-14(20)8-15/h1-9,11H,10H2. The first-order valence-corrected chi connectivity index (χ1v) is 8.72. The van der Waals surface area contributed by atoms with Crippen molar-refractivity contribution in [2.45, 2.75) is 6.54 Å². The van der Waals surface area contributed by atoms with Gasteiger partial charge in [0, 0.05) is 9.50 Å². The summed E-state index contributed by atoms with van der Waals surface area (Å²) in [7, 11) is 0. The van der Waals surface area contributed by atoms with Crippen molar-refractivity contribution in [3.63, 3.8) is 0 Å². The normalized spacial score (nSPS) is 11.1. The Bertz CT molecular complexity index is 1120. The number of rotatable bonds is 3. The Morgan fingerprint density at radius 3 is 2.68 bits per heavy atom. The smallest absolute Gasteiger partial charge is 0.264 e. The first-order chi connectivity index (χ1) is 12.1. The van der Waals surface area contributed by atoms with Gasteiger partial charge in [-0.1, -0.05) is 45.7 Å². The van der Waals surface area contributed by atoms with Gasteiger partial charge in [-0.05, 0) is 35.9 Å². The third-order valence-corrected chi connectivity index (χ3v) is 4.64. The summed E-state index contributed by atoms with van der Waals surface area (Å²) >= 11 is 9.45. The molecule has 0 saturated carbocycles. The SMILES string of the molecule is O=c1c2cnn(-c3cccc(Cl)c3)c2ncn1Cc1ccc(Br)cc1. The van der Waals surface area contributed by atoms with Crippen molar-refractivity contribution >= 4 is 38.6 Å². The second-order valence-corrected chi connectivity index (χ2v) is 6.93. The molecule has 124 valence electrons. The first kappa shape index (κ1) is 16.1. The highest BCUT2D eigenvalue weighted by Gasteiger charge is 2.12. The van der Waals surface area contributed by atoms with Crippen LogP contribution in [0.3, 0.4) is 0 Å². The Labute approximate surface area is 156 Å². The van der Waals surface area contributed by atoms with Crippen molar-refractivity contribution in [3.05, 3.63) is 86.5 Å². The van der Waals surface area contributed by atoms with E-state index in [0.29, 0.717) is 22.6 Å². The molecule has 0 atom stereocenters. The molecular formula is C18H12BrClN4O. The molecule has 0 spiro atoms. The minimum atomic E-state index is -0.124. The zero-order valence-corrected chi connectivity index (χ0v) is 15.3. The lowest BCUT2D eigenvalue weighted by molar-refractivity contribution is 0.745. The van der Waals surface area contributed by atoms with Crippen molar-refractivity contribution in [2.75, 3.05) is 0 Å². The van der Waals surface area contributed by atoms with Crippen LogP contribution in [0.4, 0.5) is 0 Å². The predicted octanol–water partition coefficient (Wildman–Crippen LogP) is 4.05. The van der Waals surface area contributed by atoms with Gasteiger partial charge in [0.05, 0.1) is 18.4 Å². The van der Waals surface area contributed by atoms with Gasteiger partial charge in [-0.15, -0.1) is 0 Å². The largest absolute Gasteiger partial charge is 0.294 e. The first-order valence-electron chi connectivity index (χ1n) is 7.55. The second kappa shape index (κ2) is 6.46. The van der Waals surface area contributed by atoms with Crippen molar-refractivity contribution in [1.82, 2.24) is 19.3 Å². The lowest BCUT2D eigenvalue weighted by atomic mass is 10.2. The lowest BCUT2D eigenvalue weighted by Crippen LogP contribution is -2.21. The summed E-state index contributed by atoms with van der Waals surface area (Å²) in [5.74, 6) is 0. The molecule has 0 radical (unpaired) electrons. The molecule has 0 amide bonds. The highest BCUT2D eigenvalue weighted by molar-refractivity contribution is 9.10. The molecule has 0 fully saturated rings. The summed E-state index contributed by atoms with van der Waals surface area (Å²) in [6.07, 6.45) is 3.10. The fourth-order valence-electron chi connectivity index (χ4n) is 2.64. The van der Waals surface area contributed by atoms with Crippen LogP contribution >= 0.6 is 27.5 Å². The quantitative estimate of drug-likeness (QED) is 0.507. The Morgan fingerprint density at radius 2 is 1.92 bits per heavy atom. The molecular weight excluding hydrogens is 404 g/mol. The van der Waals surface area contributed by atoms with E-state index in [2.05, 4.69) is 26.0 Å². The predicted molar refractivity (Wildman–Crippen MR) is 101 cm³/mol. The zero-order valence-electron chi connectivity index (χ0n) is 12.9. The number of aromatic nitrogens is 4. The summed E-state index contributed by atoms with van der Waals surface area (Å²) in [5, 5.41) is 5.38. The highest BCUT2D eigenvalue weighted by Crippen LogP contribution is 2.18. The third kappa shape index (κ3) is 3.10. The van der Waals surface area contributed by atoms with Crippen LogP contribution in [-0.4, -0.2) is 19.3 Å². The molecule has 0 aliphatic carbocycles. The minimum absolute atomic E-state index is 0.124. The summed E-state index contributed by atoms with van der Waals surface area (Å²) in [6, 6.07) is 15.1. The van der Waals surface area contributed by atoms with E-state index in [1.165, 1.54) is 0 Å². The van der Waals surface area contributed by atoms with E-state index in [9.17, 15) is 4.79 Å². The van der Waals surface area contributed by atoms with Gasteiger partial charge in [0.15, 0.2) is 5.65 Å². The summed E-state index contributed by atoms with van der Waals surface area (Å²) in [4.78, 5) is 17.2. The molecule has 0 bridgehead atoms. The molecule has 4 aromatic rings. The molecule has 7 heteroatoms. The van der Waals surface area contributed by atoms with Crippen LogP contribution in [0.2, 0.25) is 5.02 Å². The van der Waals surface area contributed by atoms with E-state index in [0.717, 1.165) is 15.7 Å². The molecule has 2 aromatic carbocycles. The number of hydrogen-bond acceptors (Lipinski definition) is 3. The maximum Gasteiger partial charge on any atom is 0.264 e. The maximum absolute atomic E-state index is 12.7. The molecule has 0 aliphatic heterocycles. The third-order valence-electron chi connectivity index (χ3n) is 3.87. The topological polar surface area (TPSA) is 52.7 Å². The van der Waals surface area contributed by atoms with E-state index in [1.807, 2.05) is 36.4 Å². The van der Waals surface area contributed by atoms with Gasteiger partial charge in [-0.25, -0.2) is 9.67 Å². The number of hydrogen-bond donors (Lipinski definition) is 0. The van der Waals surface area contributed by atoms with Gasteiger partial charge >= 0.3 is 0 Å². The molecule has 4 rings (SSSR count). The number of nitrogens with zero attached hydrogens (tertiary/aromatic N) is 4. The molecule has 25 heavy (non-hydrogen) atoms. The van der Waals surface area contributed by atoms with Crippen LogP contribution in [0.1, 0.15) is 5.56 Å². The van der Waals surface area contributed by atoms with Crippen molar-refractivity contribution in [3.8, 4) is 5.69 Å². The van der Waals surface area contributed by atoms with Gasteiger partial charge in [0.2, 0.25) is 0 Å². The molecule has 5 nitrogen and oxygen atoms in total. The van der Waals surface area contributed by atoms with Crippen LogP contribution in [0, 0.1) is 0 Å². The summed E-state index contributed by atoms with van der Waals surface area (Å²) in [6.45, 7) is 0.456. The van der Waals surface area contributed by atoms with E-state index >= 15 is 0 Å². The average molecular weight is 416 g/mol. The van der Waals surface area contributed by atoms with Crippen molar-refractivity contribution in [2.24, 2.45) is 0 Å². The summed E-state index contributed by atoms with van der Waals surface area (Å²) in [5.41, 5.74) is 2.18. The molecule has 0 aliphatic rings. The monoisotopic (exact) mass is 414 g/mol. The Morgan fingerprint density at radius 1 is 1.12 bits per heavy atom. The van der Waals surface area contributed by atoms with Gasteiger partial charge in [0.1, 0.15) is 11.7 Å². The molecule has 0 unspecified atom stereocenters. The van der Waals surface area contributed by atoms with Gasteiger partial charge in [0.25, 0.3) is 5.56 Å². The fraction of sp³-hybridized carbons (Fsp3) is 0.0556.